The monoisotopic (exact) mass is 304 g/mol. The zero-order valence-electron chi connectivity index (χ0n) is 13.0. The number of hydrogen-bond donors (Lipinski definition) is 2. The van der Waals surface area contributed by atoms with Crippen LogP contribution in [0.4, 0.5) is 0 Å². The van der Waals surface area contributed by atoms with Crippen LogP contribution >= 0.6 is 0 Å². The molecule has 0 atom stereocenters. The number of aromatic amines is 1. The van der Waals surface area contributed by atoms with E-state index in [1.807, 2.05) is 24.4 Å². The summed E-state index contributed by atoms with van der Waals surface area (Å²) >= 11 is 0. The topological polar surface area (TPSA) is 37.0 Å². The summed E-state index contributed by atoms with van der Waals surface area (Å²) in [4.78, 5) is 3.31. The molecule has 2 aromatic carbocycles. The standard InChI is InChI=1S/C20H20N2O/c1-2-14-23-19-9-4-3-6-18(19)15-21-12-10-16-7-5-8-17-11-13-22-20(16)17/h1,3-9,11,13,21-22H,10,12,14-15H2. The molecule has 0 aliphatic carbocycles. The molecule has 3 rings (SSSR count). The third-order valence-corrected chi connectivity index (χ3v) is 3.84. The number of benzene rings is 2. The van der Waals surface area contributed by atoms with Gasteiger partial charge in [0.15, 0.2) is 0 Å². The Bertz CT molecular complexity index is 814. The van der Waals surface area contributed by atoms with E-state index in [2.05, 4.69) is 46.6 Å². The number of H-pyrrole nitrogens is 1. The first kappa shape index (κ1) is 15.2. The molecule has 0 saturated heterocycles. The maximum Gasteiger partial charge on any atom is 0.148 e. The van der Waals surface area contributed by atoms with Gasteiger partial charge >= 0.3 is 0 Å². The largest absolute Gasteiger partial charge is 0.481 e. The van der Waals surface area contributed by atoms with Gasteiger partial charge in [0.1, 0.15) is 12.4 Å². The van der Waals surface area contributed by atoms with Gasteiger partial charge in [-0.1, -0.05) is 42.3 Å². The molecule has 3 nitrogen and oxygen atoms in total. The van der Waals surface area contributed by atoms with E-state index >= 15 is 0 Å². The summed E-state index contributed by atoms with van der Waals surface area (Å²) in [5.74, 6) is 3.35. The van der Waals surface area contributed by atoms with Crippen molar-refractivity contribution in [2.75, 3.05) is 13.2 Å². The maximum absolute atomic E-state index is 5.57. The van der Waals surface area contributed by atoms with Gasteiger partial charge in [0, 0.05) is 23.8 Å². The molecule has 0 saturated carbocycles. The number of hydrogen-bond acceptors (Lipinski definition) is 2. The second-order valence-corrected chi connectivity index (χ2v) is 5.39. The third kappa shape index (κ3) is 3.74. The fraction of sp³-hybridized carbons (Fsp3) is 0.200. The van der Waals surface area contributed by atoms with Crippen LogP contribution in [0.5, 0.6) is 5.75 Å². The van der Waals surface area contributed by atoms with E-state index in [1.54, 1.807) is 0 Å². The zero-order valence-corrected chi connectivity index (χ0v) is 13.0. The number of nitrogens with one attached hydrogen (secondary N) is 2. The van der Waals surface area contributed by atoms with Crippen molar-refractivity contribution < 1.29 is 4.74 Å². The Hall–Kier alpha value is -2.70. The number of rotatable bonds is 7. The molecule has 0 bridgehead atoms. The van der Waals surface area contributed by atoms with Crippen molar-refractivity contribution >= 4 is 10.9 Å². The summed E-state index contributed by atoms with van der Waals surface area (Å²) in [5.41, 5.74) is 3.68. The number of para-hydroxylation sites is 2. The van der Waals surface area contributed by atoms with Crippen LogP contribution in [-0.4, -0.2) is 18.1 Å². The SMILES string of the molecule is C#CCOc1ccccc1CNCCc1cccc2cc[nH]c12. The van der Waals surface area contributed by atoms with Crippen LogP contribution in [0.15, 0.2) is 54.7 Å². The molecule has 0 aliphatic rings. The average Bonchev–Trinajstić information content (AvgIpc) is 3.07. The highest BCUT2D eigenvalue weighted by atomic mass is 16.5. The molecule has 0 aliphatic heterocycles. The lowest BCUT2D eigenvalue weighted by Crippen LogP contribution is -2.17. The minimum Gasteiger partial charge on any atom is -0.481 e. The van der Waals surface area contributed by atoms with Gasteiger partial charge in [0.2, 0.25) is 0 Å². The Morgan fingerprint density at radius 2 is 1.91 bits per heavy atom. The molecule has 0 amide bonds. The lowest BCUT2D eigenvalue weighted by atomic mass is 10.1. The van der Waals surface area contributed by atoms with Crippen LogP contribution in [0.1, 0.15) is 11.1 Å². The van der Waals surface area contributed by atoms with Crippen LogP contribution in [0, 0.1) is 12.3 Å². The normalized spacial score (nSPS) is 10.6. The fourth-order valence-electron chi connectivity index (χ4n) is 2.71. The van der Waals surface area contributed by atoms with Crippen molar-refractivity contribution in [2.24, 2.45) is 0 Å². The van der Waals surface area contributed by atoms with E-state index in [9.17, 15) is 0 Å². The van der Waals surface area contributed by atoms with Crippen LogP contribution in [0.3, 0.4) is 0 Å². The smallest absolute Gasteiger partial charge is 0.148 e. The van der Waals surface area contributed by atoms with Gasteiger partial charge in [-0.25, -0.2) is 0 Å². The summed E-state index contributed by atoms with van der Waals surface area (Å²) in [7, 11) is 0. The van der Waals surface area contributed by atoms with Crippen molar-refractivity contribution in [3.63, 3.8) is 0 Å². The molecular weight excluding hydrogens is 284 g/mol. The van der Waals surface area contributed by atoms with Crippen molar-refractivity contribution in [3.8, 4) is 18.1 Å². The predicted molar refractivity (Wildman–Crippen MR) is 94.5 cm³/mol. The van der Waals surface area contributed by atoms with E-state index in [1.165, 1.54) is 16.5 Å². The molecule has 0 spiro atoms. The number of fused-ring (bicyclic) bond motifs is 1. The highest BCUT2D eigenvalue weighted by Crippen LogP contribution is 2.18. The van der Waals surface area contributed by atoms with Gasteiger partial charge in [-0.05, 0) is 36.0 Å². The van der Waals surface area contributed by atoms with Crippen LogP contribution in [0.2, 0.25) is 0 Å². The Labute approximate surface area is 136 Å². The van der Waals surface area contributed by atoms with Gasteiger partial charge in [-0.2, -0.15) is 0 Å². The van der Waals surface area contributed by atoms with Gasteiger partial charge < -0.3 is 15.0 Å². The molecule has 3 heteroatoms. The van der Waals surface area contributed by atoms with Gasteiger partial charge in [0.25, 0.3) is 0 Å². The molecular formula is C20H20N2O. The number of ether oxygens (including phenoxy) is 1. The third-order valence-electron chi connectivity index (χ3n) is 3.84. The van der Waals surface area contributed by atoms with Crippen molar-refractivity contribution in [2.45, 2.75) is 13.0 Å². The molecule has 0 unspecified atom stereocenters. The van der Waals surface area contributed by atoms with E-state index in [0.29, 0.717) is 6.61 Å². The van der Waals surface area contributed by atoms with Gasteiger partial charge in [-0.3, -0.25) is 0 Å². The minimum absolute atomic E-state index is 0.297. The van der Waals surface area contributed by atoms with E-state index in [0.717, 1.165) is 30.8 Å². The Kier molecular flexibility index (Phi) is 4.98. The number of aromatic nitrogens is 1. The summed E-state index contributed by atoms with van der Waals surface area (Å²) in [5, 5.41) is 4.74. The summed E-state index contributed by atoms with van der Waals surface area (Å²) < 4.78 is 5.57. The predicted octanol–water partition coefficient (Wildman–Crippen LogP) is 3.51. The van der Waals surface area contributed by atoms with Crippen molar-refractivity contribution in [1.29, 1.82) is 0 Å². The highest BCUT2D eigenvalue weighted by molar-refractivity contribution is 5.82. The lowest BCUT2D eigenvalue weighted by molar-refractivity contribution is 0.365. The van der Waals surface area contributed by atoms with Crippen LogP contribution in [-0.2, 0) is 13.0 Å². The van der Waals surface area contributed by atoms with Crippen LogP contribution in [0.25, 0.3) is 10.9 Å². The first-order valence-corrected chi connectivity index (χ1v) is 7.78. The lowest BCUT2D eigenvalue weighted by Gasteiger charge is -2.11. The highest BCUT2D eigenvalue weighted by Gasteiger charge is 2.04. The quantitative estimate of drug-likeness (QED) is 0.518. The Balaban J connectivity index is 1.56. The molecule has 2 N–H and O–H groups in total. The van der Waals surface area contributed by atoms with E-state index < -0.39 is 0 Å². The maximum atomic E-state index is 5.57. The van der Waals surface area contributed by atoms with Crippen LogP contribution < -0.4 is 10.1 Å². The van der Waals surface area contributed by atoms with Crippen molar-refractivity contribution in [1.82, 2.24) is 10.3 Å². The van der Waals surface area contributed by atoms with Gasteiger partial charge in [-0.15, -0.1) is 6.42 Å². The number of terminal acetylenes is 1. The summed E-state index contributed by atoms with van der Waals surface area (Å²) in [6.45, 7) is 1.97. The molecule has 116 valence electrons. The molecule has 3 aromatic rings. The molecule has 1 aromatic heterocycles. The molecule has 1 heterocycles. The molecule has 0 fully saturated rings. The first-order chi connectivity index (χ1) is 11.4. The summed E-state index contributed by atoms with van der Waals surface area (Å²) in [6.07, 6.45) is 8.22. The minimum atomic E-state index is 0.297. The average molecular weight is 304 g/mol. The fourth-order valence-corrected chi connectivity index (χ4v) is 2.71. The van der Waals surface area contributed by atoms with Crippen molar-refractivity contribution in [3.05, 3.63) is 65.9 Å². The second-order valence-electron chi connectivity index (χ2n) is 5.39. The molecule has 0 radical (unpaired) electrons. The summed E-state index contributed by atoms with van der Waals surface area (Å²) in [6, 6.07) is 16.5. The van der Waals surface area contributed by atoms with E-state index in [4.69, 9.17) is 11.2 Å². The van der Waals surface area contributed by atoms with E-state index in [-0.39, 0.29) is 0 Å². The Morgan fingerprint density at radius 3 is 2.83 bits per heavy atom. The zero-order chi connectivity index (χ0) is 15.9. The second kappa shape index (κ2) is 7.53. The van der Waals surface area contributed by atoms with Gasteiger partial charge in [0.05, 0.1) is 0 Å². The molecule has 23 heavy (non-hydrogen) atoms. The first-order valence-electron chi connectivity index (χ1n) is 7.78. The Morgan fingerprint density at radius 1 is 1.04 bits per heavy atom.